The van der Waals surface area contributed by atoms with Crippen LogP contribution in [0.5, 0.6) is 0 Å². The van der Waals surface area contributed by atoms with Gasteiger partial charge in [0.05, 0.1) is 12.1 Å². The molecule has 94 valence electrons. The molecule has 0 atom stereocenters. The van der Waals surface area contributed by atoms with Gasteiger partial charge in [0.2, 0.25) is 0 Å². The minimum Gasteiger partial charge on any atom is -0.481 e. The predicted molar refractivity (Wildman–Crippen MR) is 67.1 cm³/mol. The Morgan fingerprint density at radius 3 is 2.67 bits per heavy atom. The molecule has 5 heteroatoms. The fraction of sp³-hybridized carbons (Fsp3) is 0.308. The second-order valence-electron chi connectivity index (χ2n) is 4.16. The van der Waals surface area contributed by atoms with Gasteiger partial charge in [-0.3, -0.25) is 14.5 Å². The molecule has 0 fully saturated rings. The zero-order valence-corrected chi connectivity index (χ0v) is 10.4. The number of hydrogen-bond donors (Lipinski definition) is 1. The van der Waals surface area contributed by atoms with Crippen LogP contribution in [0.3, 0.4) is 0 Å². The number of aromatic nitrogens is 3. The van der Waals surface area contributed by atoms with Gasteiger partial charge in [0.1, 0.15) is 0 Å². The van der Waals surface area contributed by atoms with E-state index in [0.717, 1.165) is 22.5 Å². The standard InChI is InChI=1S/C13H15N3O2/c1-9-13(10-5-7-14-8-6-10)11(16(2)15-9)3-4-12(17)18/h5-8H,3-4H2,1-2H3,(H,17,18). The first kappa shape index (κ1) is 12.3. The number of carboxylic acid groups (broad SMARTS) is 1. The average molecular weight is 245 g/mol. The van der Waals surface area contributed by atoms with Crippen molar-refractivity contribution < 1.29 is 9.90 Å². The molecule has 0 amide bonds. The van der Waals surface area contributed by atoms with Gasteiger partial charge in [0.25, 0.3) is 0 Å². The number of pyridine rings is 1. The number of rotatable bonds is 4. The van der Waals surface area contributed by atoms with Crippen molar-refractivity contribution in [2.75, 3.05) is 0 Å². The van der Waals surface area contributed by atoms with E-state index in [1.54, 1.807) is 17.1 Å². The highest BCUT2D eigenvalue weighted by Gasteiger charge is 2.15. The van der Waals surface area contributed by atoms with E-state index >= 15 is 0 Å². The molecule has 0 bridgehead atoms. The molecule has 0 unspecified atom stereocenters. The van der Waals surface area contributed by atoms with Crippen molar-refractivity contribution in [2.24, 2.45) is 7.05 Å². The lowest BCUT2D eigenvalue weighted by Gasteiger charge is -2.05. The minimum absolute atomic E-state index is 0.108. The van der Waals surface area contributed by atoms with E-state index in [9.17, 15) is 4.79 Å². The van der Waals surface area contributed by atoms with Gasteiger partial charge in [0.15, 0.2) is 0 Å². The molecule has 0 aromatic carbocycles. The normalized spacial score (nSPS) is 10.6. The van der Waals surface area contributed by atoms with Gasteiger partial charge in [-0.05, 0) is 24.6 Å². The summed E-state index contributed by atoms with van der Waals surface area (Å²) in [6.45, 7) is 1.93. The largest absolute Gasteiger partial charge is 0.481 e. The number of carboxylic acids is 1. The second-order valence-corrected chi connectivity index (χ2v) is 4.16. The van der Waals surface area contributed by atoms with Gasteiger partial charge >= 0.3 is 5.97 Å². The van der Waals surface area contributed by atoms with Crippen LogP contribution in [-0.2, 0) is 18.3 Å². The van der Waals surface area contributed by atoms with E-state index in [2.05, 4.69) is 10.1 Å². The maximum absolute atomic E-state index is 10.7. The van der Waals surface area contributed by atoms with Crippen molar-refractivity contribution in [1.29, 1.82) is 0 Å². The van der Waals surface area contributed by atoms with E-state index in [4.69, 9.17) is 5.11 Å². The van der Waals surface area contributed by atoms with Gasteiger partial charge in [-0.2, -0.15) is 5.10 Å². The third-order valence-corrected chi connectivity index (χ3v) is 2.89. The van der Waals surface area contributed by atoms with Crippen molar-refractivity contribution in [3.8, 4) is 11.1 Å². The van der Waals surface area contributed by atoms with Crippen LogP contribution in [0.4, 0.5) is 0 Å². The van der Waals surface area contributed by atoms with E-state index in [0.29, 0.717) is 6.42 Å². The van der Waals surface area contributed by atoms with E-state index in [-0.39, 0.29) is 6.42 Å². The Morgan fingerprint density at radius 2 is 2.06 bits per heavy atom. The summed E-state index contributed by atoms with van der Waals surface area (Å²) in [4.78, 5) is 14.7. The summed E-state index contributed by atoms with van der Waals surface area (Å²) in [6.07, 6.45) is 4.03. The molecule has 0 aliphatic heterocycles. The van der Waals surface area contributed by atoms with Crippen molar-refractivity contribution in [3.05, 3.63) is 35.9 Å². The summed E-state index contributed by atoms with van der Waals surface area (Å²) < 4.78 is 1.76. The van der Waals surface area contributed by atoms with Crippen molar-refractivity contribution in [2.45, 2.75) is 19.8 Å². The molecule has 2 aromatic heterocycles. The lowest BCUT2D eigenvalue weighted by atomic mass is 10.0. The highest BCUT2D eigenvalue weighted by Crippen LogP contribution is 2.27. The zero-order chi connectivity index (χ0) is 13.1. The predicted octanol–water partition coefficient (Wildman–Crippen LogP) is 1.81. The molecule has 5 nitrogen and oxygen atoms in total. The molecule has 0 aliphatic rings. The third-order valence-electron chi connectivity index (χ3n) is 2.89. The Bertz CT molecular complexity index is 561. The molecule has 0 saturated carbocycles. The SMILES string of the molecule is Cc1nn(C)c(CCC(=O)O)c1-c1ccncc1. The fourth-order valence-corrected chi connectivity index (χ4v) is 2.11. The first-order valence-electron chi connectivity index (χ1n) is 5.74. The third kappa shape index (κ3) is 2.40. The summed E-state index contributed by atoms with van der Waals surface area (Å²) in [5, 5.41) is 13.2. The van der Waals surface area contributed by atoms with Crippen LogP contribution in [-0.4, -0.2) is 25.8 Å². The molecule has 0 aliphatic carbocycles. The van der Waals surface area contributed by atoms with Crippen LogP contribution in [0, 0.1) is 6.92 Å². The molecule has 0 radical (unpaired) electrons. The molecule has 18 heavy (non-hydrogen) atoms. The van der Waals surface area contributed by atoms with Gasteiger partial charge in [0, 0.05) is 37.1 Å². The number of nitrogens with zero attached hydrogens (tertiary/aromatic N) is 3. The average Bonchev–Trinajstić information content (AvgIpc) is 2.62. The van der Waals surface area contributed by atoms with Crippen LogP contribution in [0.2, 0.25) is 0 Å². The van der Waals surface area contributed by atoms with Gasteiger partial charge in [-0.1, -0.05) is 0 Å². The number of aliphatic carboxylic acids is 1. The fourth-order valence-electron chi connectivity index (χ4n) is 2.11. The minimum atomic E-state index is -0.797. The summed E-state index contributed by atoms with van der Waals surface area (Å²) >= 11 is 0. The molecule has 1 N–H and O–H groups in total. The van der Waals surface area contributed by atoms with E-state index in [1.165, 1.54) is 0 Å². The van der Waals surface area contributed by atoms with Crippen LogP contribution in [0.1, 0.15) is 17.8 Å². The van der Waals surface area contributed by atoms with E-state index < -0.39 is 5.97 Å². The lowest BCUT2D eigenvalue weighted by molar-refractivity contribution is -0.136. The lowest BCUT2D eigenvalue weighted by Crippen LogP contribution is -2.04. The Kier molecular flexibility index (Phi) is 3.41. The number of carbonyl (C=O) groups is 1. The molecule has 2 aromatic rings. The molecular formula is C13H15N3O2. The Balaban J connectivity index is 2.43. The van der Waals surface area contributed by atoms with Crippen LogP contribution < -0.4 is 0 Å². The topological polar surface area (TPSA) is 68.0 Å². The monoisotopic (exact) mass is 245 g/mol. The van der Waals surface area contributed by atoms with E-state index in [1.807, 2.05) is 26.1 Å². The highest BCUT2D eigenvalue weighted by atomic mass is 16.4. The smallest absolute Gasteiger partial charge is 0.303 e. The summed E-state index contributed by atoms with van der Waals surface area (Å²) in [5.74, 6) is -0.797. The Labute approximate surface area is 105 Å². The summed E-state index contributed by atoms with van der Waals surface area (Å²) in [7, 11) is 1.84. The molecule has 0 spiro atoms. The second kappa shape index (κ2) is 5.00. The van der Waals surface area contributed by atoms with Crippen molar-refractivity contribution in [3.63, 3.8) is 0 Å². The summed E-state index contributed by atoms with van der Waals surface area (Å²) in [6, 6.07) is 3.82. The number of hydrogen-bond acceptors (Lipinski definition) is 3. The van der Waals surface area contributed by atoms with Crippen LogP contribution in [0.15, 0.2) is 24.5 Å². The first-order valence-corrected chi connectivity index (χ1v) is 5.74. The molecule has 2 heterocycles. The zero-order valence-electron chi connectivity index (χ0n) is 10.4. The van der Waals surface area contributed by atoms with Gasteiger partial charge in [-0.25, -0.2) is 0 Å². The van der Waals surface area contributed by atoms with Crippen molar-refractivity contribution >= 4 is 5.97 Å². The Morgan fingerprint density at radius 1 is 1.39 bits per heavy atom. The summed E-state index contributed by atoms with van der Waals surface area (Å²) in [5.41, 5.74) is 3.89. The van der Waals surface area contributed by atoms with Crippen molar-refractivity contribution in [1.82, 2.24) is 14.8 Å². The molecular weight excluding hydrogens is 230 g/mol. The Hall–Kier alpha value is -2.17. The van der Waals surface area contributed by atoms with Gasteiger partial charge < -0.3 is 5.11 Å². The maximum Gasteiger partial charge on any atom is 0.303 e. The van der Waals surface area contributed by atoms with Gasteiger partial charge in [-0.15, -0.1) is 0 Å². The quantitative estimate of drug-likeness (QED) is 0.892. The molecule has 2 rings (SSSR count). The highest BCUT2D eigenvalue weighted by molar-refractivity contribution is 5.71. The van der Waals surface area contributed by atoms with Crippen LogP contribution >= 0.6 is 0 Å². The van der Waals surface area contributed by atoms with Crippen LogP contribution in [0.25, 0.3) is 11.1 Å². The maximum atomic E-state index is 10.7. The molecule has 0 saturated heterocycles. The number of aryl methyl sites for hydroxylation is 2. The first-order chi connectivity index (χ1) is 8.59.